The minimum Gasteiger partial charge on any atom is -0.497 e. The van der Waals surface area contributed by atoms with Crippen LogP contribution in [-0.4, -0.2) is 84.1 Å². The number of nitrogens with zero attached hydrogens (tertiary/aromatic N) is 2. The first kappa shape index (κ1) is 26.7. The Morgan fingerprint density at radius 1 is 0.879 bits per heavy atom. The molecule has 1 fully saturated rings. The van der Waals surface area contributed by atoms with Crippen molar-refractivity contribution in [3.63, 3.8) is 0 Å². The van der Waals surface area contributed by atoms with Crippen molar-refractivity contribution in [2.75, 3.05) is 60.6 Å². The molecule has 0 aliphatic carbocycles. The van der Waals surface area contributed by atoms with E-state index in [1.54, 1.807) is 49.6 Å². The van der Waals surface area contributed by atoms with Gasteiger partial charge in [0.05, 0.1) is 26.2 Å². The average Bonchev–Trinajstić information content (AvgIpc) is 2.83. The molecule has 33 heavy (non-hydrogen) atoms. The molecule has 0 radical (unpaired) electrons. The third-order valence-corrected chi connectivity index (χ3v) is 7.27. The molecule has 1 aliphatic rings. The van der Waals surface area contributed by atoms with Gasteiger partial charge in [0.1, 0.15) is 17.2 Å². The molecule has 2 aromatic carbocycles. The highest BCUT2D eigenvalue weighted by Crippen LogP contribution is 2.23. The maximum absolute atomic E-state index is 12.8. The summed E-state index contributed by atoms with van der Waals surface area (Å²) in [6, 6.07) is 11.4. The van der Waals surface area contributed by atoms with Crippen LogP contribution < -0.4 is 19.5 Å². The number of carbonyl (C=O) groups excluding carboxylic acids is 1. The largest absolute Gasteiger partial charge is 0.497 e. The van der Waals surface area contributed by atoms with E-state index in [0.717, 1.165) is 0 Å². The Labute approximate surface area is 201 Å². The van der Waals surface area contributed by atoms with Gasteiger partial charge in [-0.3, -0.25) is 9.69 Å². The highest BCUT2D eigenvalue weighted by Gasteiger charge is 2.28. The summed E-state index contributed by atoms with van der Waals surface area (Å²) in [4.78, 5) is 14.9. The fraction of sp³-hybridized carbons (Fsp3) is 0.409. The van der Waals surface area contributed by atoms with Crippen LogP contribution in [0.2, 0.25) is 0 Å². The zero-order chi connectivity index (χ0) is 23.1. The Hall–Kier alpha value is -2.53. The molecule has 0 spiro atoms. The fourth-order valence-corrected chi connectivity index (χ4v) is 4.88. The molecule has 0 atom stereocenters. The number of piperazine rings is 1. The number of hydrogen-bond acceptors (Lipinski definition) is 7. The lowest BCUT2D eigenvalue weighted by Gasteiger charge is -2.34. The van der Waals surface area contributed by atoms with Crippen LogP contribution >= 0.6 is 12.4 Å². The lowest BCUT2D eigenvalue weighted by Crippen LogP contribution is -2.50. The molecular weight excluding hydrogens is 470 g/mol. The van der Waals surface area contributed by atoms with Crippen LogP contribution in [0.4, 0.5) is 0 Å². The standard InChI is InChI=1S/C22H29N3O6S.ClH/c1-29-18-4-6-21(7-5-18)32(27,28)25-12-10-24(11-13-25)9-8-23-22(26)17-14-19(30-2)16-20(15-17)31-3;/h4-7,14-16H,8-13H2,1-3H3,(H,23,26);1H. The maximum atomic E-state index is 12.8. The zero-order valence-electron chi connectivity index (χ0n) is 18.9. The predicted molar refractivity (Wildman–Crippen MR) is 127 cm³/mol. The SMILES string of the molecule is COc1ccc(S(=O)(=O)N2CCN(CCNC(=O)c3cc(OC)cc(OC)c3)CC2)cc1.Cl. The lowest BCUT2D eigenvalue weighted by atomic mass is 10.2. The van der Waals surface area contributed by atoms with Gasteiger partial charge in [-0.2, -0.15) is 4.31 Å². The first-order valence-corrected chi connectivity index (χ1v) is 11.7. The molecule has 0 unspecified atom stereocenters. The Bertz CT molecular complexity index is 1000. The highest BCUT2D eigenvalue weighted by atomic mass is 35.5. The third-order valence-electron chi connectivity index (χ3n) is 5.36. The Kier molecular flexibility index (Phi) is 9.78. The van der Waals surface area contributed by atoms with Crippen LogP contribution in [0.25, 0.3) is 0 Å². The second-order valence-corrected chi connectivity index (χ2v) is 9.22. The normalized spacial score (nSPS) is 14.8. The second-order valence-electron chi connectivity index (χ2n) is 7.28. The fourth-order valence-electron chi connectivity index (χ4n) is 3.46. The second kappa shape index (κ2) is 12.1. The van der Waals surface area contributed by atoms with Crippen LogP contribution in [-0.2, 0) is 10.0 Å². The van der Waals surface area contributed by atoms with Gasteiger partial charge in [-0.1, -0.05) is 0 Å². The van der Waals surface area contributed by atoms with Crippen LogP contribution in [0.3, 0.4) is 0 Å². The summed E-state index contributed by atoms with van der Waals surface area (Å²) in [5, 5.41) is 2.89. The summed E-state index contributed by atoms with van der Waals surface area (Å²) in [6.07, 6.45) is 0. The van der Waals surface area contributed by atoms with Crippen molar-refractivity contribution in [1.82, 2.24) is 14.5 Å². The number of amides is 1. The Morgan fingerprint density at radius 3 is 1.94 bits per heavy atom. The van der Waals surface area contributed by atoms with Gasteiger partial charge in [0.2, 0.25) is 10.0 Å². The molecular formula is C22H30ClN3O6S. The predicted octanol–water partition coefficient (Wildman–Crippen LogP) is 1.87. The maximum Gasteiger partial charge on any atom is 0.251 e. The zero-order valence-corrected chi connectivity index (χ0v) is 20.6. The smallest absolute Gasteiger partial charge is 0.251 e. The van der Waals surface area contributed by atoms with Crippen molar-refractivity contribution in [3.05, 3.63) is 48.0 Å². The summed E-state index contributed by atoms with van der Waals surface area (Å²) < 4.78 is 42.7. The monoisotopic (exact) mass is 499 g/mol. The van der Waals surface area contributed by atoms with E-state index >= 15 is 0 Å². The number of sulfonamides is 1. The highest BCUT2D eigenvalue weighted by molar-refractivity contribution is 7.89. The molecule has 182 valence electrons. The summed E-state index contributed by atoms with van der Waals surface area (Å²) in [7, 11) is 1.07. The van der Waals surface area contributed by atoms with Gasteiger partial charge in [-0.05, 0) is 36.4 Å². The van der Waals surface area contributed by atoms with Crippen molar-refractivity contribution in [2.45, 2.75) is 4.90 Å². The van der Waals surface area contributed by atoms with Crippen LogP contribution in [0, 0.1) is 0 Å². The minimum atomic E-state index is -3.54. The molecule has 0 bridgehead atoms. The van der Waals surface area contributed by atoms with Crippen molar-refractivity contribution < 1.29 is 27.4 Å². The minimum absolute atomic E-state index is 0. The van der Waals surface area contributed by atoms with E-state index in [1.165, 1.54) is 18.5 Å². The number of methoxy groups -OCH3 is 3. The molecule has 11 heteroatoms. The molecule has 1 amide bonds. The average molecular weight is 500 g/mol. The quantitative estimate of drug-likeness (QED) is 0.562. The molecule has 0 saturated carbocycles. The number of benzene rings is 2. The summed E-state index contributed by atoms with van der Waals surface area (Å²) in [5.74, 6) is 1.48. The van der Waals surface area contributed by atoms with Gasteiger partial charge in [0, 0.05) is 50.9 Å². The van der Waals surface area contributed by atoms with E-state index in [1.807, 2.05) is 0 Å². The lowest BCUT2D eigenvalue weighted by molar-refractivity contribution is 0.0944. The van der Waals surface area contributed by atoms with E-state index in [0.29, 0.717) is 62.1 Å². The molecule has 1 saturated heterocycles. The molecule has 1 aliphatic heterocycles. The summed E-state index contributed by atoms with van der Waals surface area (Å²) >= 11 is 0. The van der Waals surface area contributed by atoms with Gasteiger partial charge < -0.3 is 19.5 Å². The molecule has 2 aromatic rings. The van der Waals surface area contributed by atoms with Crippen molar-refractivity contribution in [1.29, 1.82) is 0 Å². The summed E-state index contributed by atoms with van der Waals surface area (Å²) in [6.45, 7) is 3.06. The van der Waals surface area contributed by atoms with Gasteiger partial charge in [0.25, 0.3) is 5.91 Å². The number of rotatable bonds is 9. The van der Waals surface area contributed by atoms with Crippen molar-refractivity contribution in [2.24, 2.45) is 0 Å². The molecule has 3 rings (SSSR count). The first-order chi connectivity index (χ1) is 15.4. The molecule has 1 N–H and O–H groups in total. The number of ether oxygens (including phenoxy) is 3. The van der Waals surface area contributed by atoms with E-state index < -0.39 is 10.0 Å². The first-order valence-electron chi connectivity index (χ1n) is 10.2. The molecule has 1 heterocycles. The van der Waals surface area contributed by atoms with Crippen LogP contribution in [0.1, 0.15) is 10.4 Å². The van der Waals surface area contributed by atoms with Gasteiger partial charge in [-0.15, -0.1) is 12.4 Å². The van der Waals surface area contributed by atoms with Crippen molar-refractivity contribution in [3.8, 4) is 17.2 Å². The van der Waals surface area contributed by atoms with E-state index in [4.69, 9.17) is 14.2 Å². The van der Waals surface area contributed by atoms with Gasteiger partial charge >= 0.3 is 0 Å². The summed E-state index contributed by atoms with van der Waals surface area (Å²) in [5.41, 5.74) is 0.455. The van der Waals surface area contributed by atoms with Crippen molar-refractivity contribution >= 4 is 28.3 Å². The molecule has 0 aromatic heterocycles. The van der Waals surface area contributed by atoms with Crippen LogP contribution in [0.15, 0.2) is 47.4 Å². The number of hydrogen-bond donors (Lipinski definition) is 1. The molecule has 9 nitrogen and oxygen atoms in total. The number of carbonyl (C=O) groups is 1. The third kappa shape index (κ3) is 6.73. The number of nitrogens with one attached hydrogen (secondary N) is 1. The Balaban J connectivity index is 0.00000385. The van der Waals surface area contributed by atoms with Gasteiger partial charge in [0.15, 0.2) is 0 Å². The van der Waals surface area contributed by atoms with Crippen LogP contribution in [0.5, 0.6) is 17.2 Å². The van der Waals surface area contributed by atoms with E-state index in [9.17, 15) is 13.2 Å². The Morgan fingerprint density at radius 2 is 1.42 bits per heavy atom. The number of halogens is 1. The van der Waals surface area contributed by atoms with E-state index in [2.05, 4.69) is 10.2 Å². The van der Waals surface area contributed by atoms with Gasteiger partial charge in [-0.25, -0.2) is 8.42 Å². The topological polar surface area (TPSA) is 97.4 Å². The van der Waals surface area contributed by atoms with E-state index in [-0.39, 0.29) is 23.2 Å².